The first-order valence-corrected chi connectivity index (χ1v) is 8.15. The Morgan fingerprint density at radius 3 is 2.40 bits per heavy atom. The van der Waals surface area contributed by atoms with Crippen LogP contribution in [-0.4, -0.2) is 35.1 Å². The average molecular weight is 247 g/mol. The minimum Gasteiger partial charge on any atom is -0.316 e. The second-order valence-corrected chi connectivity index (χ2v) is 7.55. The van der Waals surface area contributed by atoms with E-state index in [-0.39, 0.29) is 0 Å². The van der Waals surface area contributed by atoms with E-state index >= 15 is 0 Å². The van der Waals surface area contributed by atoms with Gasteiger partial charge in [-0.05, 0) is 25.8 Å². The van der Waals surface area contributed by atoms with Crippen LogP contribution < -0.4 is 5.32 Å². The molecule has 15 heavy (non-hydrogen) atoms. The van der Waals surface area contributed by atoms with Crippen LogP contribution in [0.5, 0.6) is 0 Å². The molecule has 1 rings (SSSR count). The summed E-state index contributed by atoms with van der Waals surface area (Å²) in [6.45, 7) is 7.03. The van der Waals surface area contributed by atoms with Crippen molar-refractivity contribution < 1.29 is 0 Å². The maximum absolute atomic E-state index is 3.52. The molecular formula is C12H25NS2. The summed E-state index contributed by atoms with van der Waals surface area (Å²) in [5.74, 6) is 3.50. The van der Waals surface area contributed by atoms with Crippen molar-refractivity contribution in [3.05, 3.63) is 0 Å². The van der Waals surface area contributed by atoms with E-state index in [9.17, 15) is 0 Å². The third kappa shape index (κ3) is 4.58. The molecule has 1 saturated heterocycles. The third-order valence-corrected chi connectivity index (χ3v) is 6.31. The van der Waals surface area contributed by atoms with Crippen molar-refractivity contribution in [1.82, 2.24) is 5.32 Å². The van der Waals surface area contributed by atoms with E-state index in [0.29, 0.717) is 6.04 Å². The Bertz CT molecular complexity index is 173. The van der Waals surface area contributed by atoms with Gasteiger partial charge >= 0.3 is 0 Å². The first-order valence-electron chi connectivity index (χ1n) is 6.05. The highest BCUT2D eigenvalue weighted by Gasteiger charge is 2.29. The second kappa shape index (κ2) is 7.08. The Hall–Kier alpha value is 0.660. The van der Waals surface area contributed by atoms with Crippen LogP contribution in [0.4, 0.5) is 0 Å². The number of hydrogen-bond donors (Lipinski definition) is 1. The van der Waals surface area contributed by atoms with Crippen molar-refractivity contribution in [2.45, 2.75) is 50.2 Å². The molecule has 1 N–H and O–H groups in total. The van der Waals surface area contributed by atoms with Gasteiger partial charge in [-0.2, -0.15) is 23.5 Å². The molecule has 0 aliphatic carbocycles. The van der Waals surface area contributed by atoms with Crippen LogP contribution >= 0.6 is 23.5 Å². The van der Waals surface area contributed by atoms with Gasteiger partial charge in [0.25, 0.3) is 0 Å². The zero-order valence-electron chi connectivity index (χ0n) is 10.5. The van der Waals surface area contributed by atoms with Crippen molar-refractivity contribution >= 4 is 23.5 Å². The summed E-state index contributed by atoms with van der Waals surface area (Å²) < 4.78 is 0. The number of hydrogen-bond acceptors (Lipinski definition) is 3. The smallest absolute Gasteiger partial charge is 0.0317 e. The van der Waals surface area contributed by atoms with Gasteiger partial charge in [0.05, 0.1) is 0 Å². The fourth-order valence-corrected chi connectivity index (χ4v) is 5.12. The van der Waals surface area contributed by atoms with Crippen LogP contribution in [0.25, 0.3) is 0 Å². The molecule has 1 fully saturated rings. The van der Waals surface area contributed by atoms with Gasteiger partial charge in [-0.25, -0.2) is 0 Å². The molecule has 0 radical (unpaired) electrons. The van der Waals surface area contributed by atoms with Crippen molar-refractivity contribution in [2.24, 2.45) is 5.92 Å². The minimum absolute atomic E-state index is 0.709. The van der Waals surface area contributed by atoms with Crippen LogP contribution in [0.15, 0.2) is 0 Å². The molecule has 0 aromatic heterocycles. The zero-order valence-corrected chi connectivity index (χ0v) is 12.1. The summed E-state index contributed by atoms with van der Waals surface area (Å²) in [4.78, 5) is 0. The topological polar surface area (TPSA) is 12.0 Å². The highest BCUT2D eigenvalue weighted by molar-refractivity contribution is 8.07. The fraction of sp³-hybridized carbons (Fsp3) is 1.00. The van der Waals surface area contributed by atoms with E-state index in [2.05, 4.69) is 56.7 Å². The molecule has 0 aromatic rings. The third-order valence-electron chi connectivity index (χ3n) is 3.06. The standard InChI is InChI=1S/C12H25NS2/c1-9(2)5-6-11(13-4)12-10(3)14-7-8-15-12/h9-13H,5-8H2,1-4H3. The predicted octanol–water partition coefficient (Wildman–Crippen LogP) is 3.25. The van der Waals surface area contributed by atoms with Crippen molar-refractivity contribution in [2.75, 3.05) is 18.6 Å². The molecular weight excluding hydrogens is 222 g/mol. The molecule has 0 aromatic carbocycles. The largest absolute Gasteiger partial charge is 0.316 e. The van der Waals surface area contributed by atoms with Crippen LogP contribution in [0.2, 0.25) is 0 Å². The molecule has 3 heteroatoms. The Balaban J connectivity index is 2.41. The summed E-state index contributed by atoms with van der Waals surface area (Å²) in [6.07, 6.45) is 2.68. The molecule has 1 heterocycles. The summed E-state index contributed by atoms with van der Waals surface area (Å²) in [6, 6.07) is 0.709. The highest BCUT2D eigenvalue weighted by Crippen LogP contribution is 2.34. The Kier molecular flexibility index (Phi) is 6.48. The van der Waals surface area contributed by atoms with Crippen LogP contribution in [0, 0.1) is 5.92 Å². The maximum atomic E-state index is 3.52. The van der Waals surface area contributed by atoms with E-state index in [4.69, 9.17) is 0 Å². The van der Waals surface area contributed by atoms with Gasteiger partial charge in [0.15, 0.2) is 0 Å². The zero-order chi connectivity index (χ0) is 11.3. The summed E-state index contributed by atoms with van der Waals surface area (Å²) in [5, 5.41) is 5.15. The lowest BCUT2D eigenvalue weighted by Crippen LogP contribution is -2.42. The Labute approximate surface area is 104 Å². The summed E-state index contributed by atoms with van der Waals surface area (Å²) in [7, 11) is 2.12. The van der Waals surface area contributed by atoms with Gasteiger partial charge in [-0.3, -0.25) is 0 Å². The predicted molar refractivity (Wildman–Crippen MR) is 75.1 cm³/mol. The van der Waals surface area contributed by atoms with E-state index < -0.39 is 0 Å². The summed E-state index contributed by atoms with van der Waals surface area (Å²) in [5.41, 5.74) is 0. The molecule has 90 valence electrons. The van der Waals surface area contributed by atoms with Crippen LogP contribution in [0.3, 0.4) is 0 Å². The number of thioether (sulfide) groups is 2. The fourth-order valence-electron chi connectivity index (χ4n) is 2.08. The van der Waals surface area contributed by atoms with Crippen molar-refractivity contribution in [1.29, 1.82) is 0 Å². The van der Waals surface area contributed by atoms with Crippen molar-refractivity contribution in [3.63, 3.8) is 0 Å². The van der Waals surface area contributed by atoms with E-state index in [1.807, 2.05) is 0 Å². The lowest BCUT2D eigenvalue weighted by Gasteiger charge is -2.34. The molecule has 0 saturated carbocycles. The lowest BCUT2D eigenvalue weighted by atomic mass is 10.00. The molecule has 1 aliphatic rings. The number of rotatable bonds is 5. The minimum atomic E-state index is 0.709. The molecule has 3 unspecified atom stereocenters. The molecule has 1 nitrogen and oxygen atoms in total. The van der Waals surface area contributed by atoms with Gasteiger partial charge in [-0.1, -0.05) is 20.8 Å². The maximum Gasteiger partial charge on any atom is 0.0317 e. The van der Waals surface area contributed by atoms with Gasteiger partial charge in [0.1, 0.15) is 0 Å². The van der Waals surface area contributed by atoms with Crippen LogP contribution in [0.1, 0.15) is 33.6 Å². The van der Waals surface area contributed by atoms with Crippen LogP contribution in [-0.2, 0) is 0 Å². The molecule has 0 amide bonds. The summed E-state index contributed by atoms with van der Waals surface area (Å²) >= 11 is 4.32. The van der Waals surface area contributed by atoms with Gasteiger partial charge in [-0.15, -0.1) is 0 Å². The second-order valence-electron chi connectivity index (χ2n) is 4.78. The molecule has 1 aliphatic heterocycles. The highest BCUT2D eigenvalue weighted by atomic mass is 32.2. The molecule has 0 bridgehead atoms. The Morgan fingerprint density at radius 2 is 1.87 bits per heavy atom. The number of nitrogens with one attached hydrogen (secondary N) is 1. The average Bonchev–Trinajstić information content (AvgIpc) is 2.21. The van der Waals surface area contributed by atoms with Crippen molar-refractivity contribution in [3.8, 4) is 0 Å². The van der Waals surface area contributed by atoms with E-state index in [0.717, 1.165) is 16.4 Å². The SMILES string of the molecule is CNC(CCC(C)C)C1SCCSC1C. The Morgan fingerprint density at radius 1 is 1.20 bits per heavy atom. The quantitative estimate of drug-likeness (QED) is 0.801. The van der Waals surface area contributed by atoms with Gasteiger partial charge < -0.3 is 5.32 Å². The van der Waals surface area contributed by atoms with Gasteiger partial charge in [0.2, 0.25) is 0 Å². The van der Waals surface area contributed by atoms with E-state index in [1.165, 1.54) is 24.3 Å². The normalized spacial score (nSPS) is 29.4. The molecule has 0 spiro atoms. The lowest BCUT2D eigenvalue weighted by molar-refractivity contribution is 0.440. The van der Waals surface area contributed by atoms with E-state index in [1.54, 1.807) is 0 Å². The first kappa shape index (κ1) is 13.7. The first-order chi connectivity index (χ1) is 7.15. The molecule has 3 atom stereocenters. The van der Waals surface area contributed by atoms with Gasteiger partial charge in [0, 0.05) is 28.0 Å². The monoisotopic (exact) mass is 247 g/mol.